The van der Waals surface area contributed by atoms with Crippen LogP contribution in [0.2, 0.25) is 5.02 Å². The topological polar surface area (TPSA) is 129 Å². The van der Waals surface area contributed by atoms with E-state index in [0.29, 0.717) is 19.5 Å². The van der Waals surface area contributed by atoms with Gasteiger partial charge < -0.3 is 29.9 Å². The number of aromatic nitrogens is 1. The van der Waals surface area contributed by atoms with Gasteiger partial charge in [-0.1, -0.05) is 11.6 Å². The Kier molecular flexibility index (Phi) is 5.32. The Morgan fingerprint density at radius 1 is 1.28 bits per heavy atom. The van der Waals surface area contributed by atoms with Gasteiger partial charge in [-0.15, -0.1) is 0 Å². The zero-order valence-electron chi connectivity index (χ0n) is 12.4. The number of benzene rings is 1. The molecule has 0 spiro atoms. The number of hydrogen-bond donors (Lipinski definition) is 4. The van der Waals surface area contributed by atoms with Crippen LogP contribution in [0.15, 0.2) is 24.4 Å². The molecule has 5 unspecified atom stereocenters. The van der Waals surface area contributed by atoms with Crippen LogP contribution in [0.25, 0.3) is 10.9 Å². The Bertz CT molecular complexity index is 820. The van der Waals surface area contributed by atoms with Gasteiger partial charge in [0, 0.05) is 11.6 Å². The number of pyridine rings is 1. The molecular formula is C15H13ClINO7. The fraction of sp³-hybridized carbons (Fsp3) is 0.333. The first-order valence-electron chi connectivity index (χ1n) is 7.13. The Hall–Kier alpha value is -1.24. The first-order chi connectivity index (χ1) is 11.8. The highest BCUT2D eigenvalue weighted by Crippen LogP contribution is 2.36. The van der Waals surface area contributed by atoms with Gasteiger partial charge in [0.15, 0.2) is 11.9 Å². The van der Waals surface area contributed by atoms with Crippen LogP contribution in [0.1, 0.15) is 0 Å². The van der Waals surface area contributed by atoms with Crippen LogP contribution in [-0.2, 0) is 9.53 Å². The van der Waals surface area contributed by atoms with Crippen LogP contribution in [0.4, 0.5) is 0 Å². The number of carbonyl (C=O) groups is 1. The SMILES string of the molecule is O=C(O)C1OC(Oc2c(I)cc(Cl)c3cccnc23)C(O)C(O)C1O. The first-order valence-corrected chi connectivity index (χ1v) is 8.58. The predicted octanol–water partition coefficient (Wildman–Crippen LogP) is 0.764. The summed E-state index contributed by atoms with van der Waals surface area (Å²) in [5.41, 5.74) is 0.391. The van der Waals surface area contributed by atoms with Crippen molar-refractivity contribution in [3.8, 4) is 5.75 Å². The van der Waals surface area contributed by atoms with E-state index in [1.165, 1.54) is 6.20 Å². The molecule has 1 aromatic carbocycles. The summed E-state index contributed by atoms with van der Waals surface area (Å²) in [4.78, 5) is 15.4. The van der Waals surface area contributed by atoms with E-state index in [-0.39, 0.29) is 5.75 Å². The highest BCUT2D eigenvalue weighted by Gasteiger charge is 2.48. The lowest BCUT2D eigenvalue weighted by Gasteiger charge is -2.38. The second kappa shape index (κ2) is 7.17. The standard InChI is InChI=1S/C15H13ClINO7/c16-6-4-7(17)12(8-5(6)2-1-3-18-8)24-15-11(21)9(19)10(20)13(25-15)14(22)23/h1-4,9-11,13,15,19-21H,(H,22,23). The van der Waals surface area contributed by atoms with Gasteiger partial charge in [0.05, 0.1) is 8.59 Å². The summed E-state index contributed by atoms with van der Waals surface area (Å²) in [5.74, 6) is -1.27. The van der Waals surface area contributed by atoms with Crippen LogP contribution in [0.5, 0.6) is 5.75 Å². The van der Waals surface area contributed by atoms with Crippen LogP contribution in [-0.4, -0.2) is 62.1 Å². The molecule has 1 fully saturated rings. The monoisotopic (exact) mass is 481 g/mol. The molecule has 1 saturated heterocycles. The van der Waals surface area contributed by atoms with Gasteiger partial charge >= 0.3 is 5.97 Å². The van der Waals surface area contributed by atoms with Crippen LogP contribution >= 0.6 is 34.2 Å². The number of rotatable bonds is 3. The number of halogens is 2. The third-order valence-corrected chi connectivity index (χ3v) is 4.91. The number of aliphatic hydroxyl groups excluding tert-OH is 3. The van der Waals surface area contributed by atoms with E-state index >= 15 is 0 Å². The maximum absolute atomic E-state index is 11.2. The number of hydrogen-bond acceptors (Lipinski definition) is 7. The molecule has 1 aliphatic heterocycles. The summed E-state index contributed by atoms with van der Waals surface area (Å²) in [6, 6.07) is 5.04. The average molecular weight is 482 g/mol. The van der Waals surface area contributed by atoms with Crippen molar-refractivity contribution in [2.75, 3.05) is 0 Å². The first kappa shape index (κ1) is 18.5. The highest BCUT2D eigenvalue weighted by atomic mass is 127. The minimum absolute atomic E-state index is 0.220. The Morgan fingerprint density at radius 2 is 2.00 bits per heavy atom. The Balaban J connectivity index is 1.99. The molecule has 0 amide bonds. The maximum Gasteiger partial charge on any atom is 0.335 e. The fourth-order valence-corrected chi connectivity index (χ4v) is 3.66. The third kappa shape index (κ3) is 3.39. The van der Waals surface area contributed by atoms with Crippen molar-refractivity contribution in [3.63, 3.8) is 0 Å². The lowest BCUT2D eigenvalue weighted by atomic mass is 9.99. The van der Waals surface area contributed by atoms with Crippen molar-refractivity contribution in [2.45, 2.75) is 30.7 Å². The number of nitrogens with zero attached hydrogens (tertiary/aromatic N) is 1. The molecule has 2 heterocycles. The zero-order chi connectivity index (χ0) is 18.3. The van der Waals surface area contributed by atoms with Crippen LogP contribution < -0.4 is 4.74 Å². The van der Waals surface area contributed by atoms with Crippen molar-refractivity contribution >= 4 is 51.1 Å². The molecule has 134 valence electrons. The molecule has 1 aliphatic rings. The molecule has 0 radical (unpaired) electrons. The minimum Gasteiger partial charge on any atom is -0.479 e. The summed E-state index contributed by atoms with van der Waals surface area (Å²) in [6.45, 7) is 0. The normalized spacial score (nSPS) is 29.6. The molecule has 25 heavy (non-hydrogen) atoms. The van der Waals surface area contributed by atoms with Crippen molar-refractivity contribution in [2.24, 2.45) is 0 Å². The van der Waals surface area contributed by atoms with E-state index in [1.807, 2.05) is 22.6 Å². The molecule has 8 nitrogen and oxygen atoms in total. The zero-order valence-corrected chi connectivity index (χ0v) is 15.3. The number of aliphatic carboxylic acids is 1. The van der Waals surface area contributed by atoms with E-state index in [4.69, 9.17) is 26.2 Å². The number of fused-ring (bicyclic) bond motifs is 1. The van der Waals surface area contributed by atoms with E-state index < -0.39 is 36.7 Å². The summed E-state index contributed by atoms with van der Waals surface area (Å²) in [7, 11) is 0. The van der Waals surface area contributed by atoms with Crippen molar-refractivity contribution in [1.29, 1.82) is 0 Å². The number of carboxylic acids is 1. The van der Waals surface area contributed by atoms with E-state index in [0.717, 1.165) is 0 Å². The summed E-state index contributed by atoms with van der Waals surface area (Å²) < 4.78 is 11.3. The Morgan fingerprint density at radius 3 is 2.68 bits per heavy atom. The second-order valence-corrected chi connectivity index (χ2v) is 6.99. The van der Waals surface area contributed by atoms with Gasteiger partial charge in [0.1, 0.15) is 23.8 Å². The van der Waals surface area contributed by atoms with Crippen molar-refractivity contribution < 1.29 is 34.7 Å². The highest BCUT2D eigenvalue weighted by molar-refractivity contribution is 14.1. The molecule has 3 rings (SSSR count). The Labute approximate surface area is 160 Å². The smallest absolute Gasteiger partial charge is 0.335 e. The van der Waals surface area contributed by atoms with Gasteiger partial charge in [-0.25, -0.2) is 4.79 Å². The van der Waals surface area contributed by atoms with Crippen LogP contribution in [0.3, 0.4) is 0 Å². The minimum atomic E-state index is -1.79. The van der Waals surface area contributed by atoms with E-state index in [9.17, 15) is 20.1 Å². The molecule has 1 aromatic heterocycles. The van der Waals surface area contributed by atoms with Crippen LogP contribution in [0, 0.1) is 3.57 Å². The lowest BCUT2D eigenvalue weighted by molar-refractivity contribution is -0.271. The van der Waals surface area contributed by atoms with Gasteiger partial charge in [0.2, 0.25) is 6.29 Å². The summed E-state index contributed by atoms with van der Waals surface area (Å²) in [6.07, 6.45) is -6.92. The molecular weight excluding hydrogens is 469 g/mol. The summed E-state index contributed by atoms with van der Waals surface area (Å²) in [5, 5.41) is 39.8. The van der Waals surface area contributed by atoms with Gasteiger partial charge in [0.25, 0.3) is 0 Å². The molecule has 5 atom stereocenters. The molecule has 10 heteroatoms. The van der Waals surface area contributed by atoms with Gasteiger partial charge in [-0.2, -0.15) is 0 Å². The number of aliphatic hydroxyl groups is 3. The van der Waals surface area contributed by atoms with Crippen molar-refractivity contribution in [1.82, 2.24) is 4.98 Å². The molecule has 4 N–H and O–H groups in total. The molecule has 2 aromatic rings. The van der Waals surface area contributed by atoms with Crippen molar-refractivity contribution in [3.05, 3.63) is 33.0 Å². The third-order valence-electron chi connectivity index (χ3n) is 3.80. The van der Waals surface area contributed by atoms with E-state index in [2.05, 4.69) is 4.98 Å². The number of carboxylic acid groups (broad SMARTS) is 1. The van der Waals surface area contributed by atoms with E-state index in [1.54, 1.807) is 18.2 Å². The predicted molar refractivity (Wildman–Crippen MR) is 94.4 cm³/mol. The molecule has 0 bridgehead atoms. The molecule has 0 aliphatic carbocycles. The largest absolute Gasteiger partial charge is 0.479 e. The average Bonchev–Trinajstić information content (AvgIpc) is 2.58. The number of ether oxygens (including phenoxy) is 2. The fourth-order valence-electron chi connectivity index (χ4n) is 2.52. The quantitative estimate of drug-likeness (QED) is 0.473. The van der Waals surface area contributed by atoms with Gasteiger partial charge in [-0.05, 0) is 40.8 Å². The summed E-state index contributed by atoms with van der Waals surface area (Å²) >= 11 is 8.13. The second-order valence-electron chi connectivity index (χ2n) is 5.42. The lowest BCUT2D eigenvalue weighted by Crippen LogP contribution is -2.61. The maximum atomic E-state index is 11.2. The van der Waals surface area contributed by atoms with Gasteiger partial charge in [-0.3, -0.25) is 4.98 Å². The molecule has 0 saturated carbocycles.